The van der Waals surface area contributed by atoms with Crippen molar-refractivity contribution in [2.24, 2.45) is 0 Å². The molecule has 18 heavy (non-hydrogen) atoms. The molecule has 0 atom stereocenters. The minimum absolute atomic E-state index is 0.305. The van der Waals surface area contributed by atoms with Gasteiger partial charge in [0.1, 0.15) is 5.69 Å². The highest BCUT2D eigenvalue weighted by Crippen LogP contribution is 2.16. The van der Waals surface area contributed by atoms with E-state index in [1.807, 2.05) is 6.07 Å². The van der Waals surface area contributed by atoms with E-state index in [4.69, 9.17) is 5.26 Å². The van der Waals surface area contributed by atoms with E-state index < -0.39 is 0 Å². The summed E-state index contributed by atoms with van der Waals surface area (Å²) in [5.74, 6) is -0.322. The van der Waals surface area contributed by atoms with Gasteiger partial charge in [-0.05, 0) is 46.3 Å². The molecular weight excluding hydrogens is 294 g/mol. The van der Waals surface area contributed by atoms with Gasteiger partial charge in [-0.25, -0.2) is 4.98 Å². The number of anilines is 1. The van der Waals surface area contributed by atoms with Gasteiger partial charge in [-0.3, -0.25) is 4.79 Å². The third kappa shape index (κ3) is 2.73. The van der Waals surface area contributed by atoms with Crippen molar-refractivity contribution >= 4 is 27.5 Å². The zero-order chi connectivity index (χ0) is 13.0. The first kappa shape index (κ1) is 12.3. The molecule has 1 heterocycles. The molecule has 0 saturated carbocycles. The van der Waals surface area contributed by atoms with Crippen molar-refractivity contribution in [3.8, 4) is 6.07 Å². The number of hydrogen-bond acceptors (Lipinski definition) is 3. The molecule has 0 radical (unpaired) electrons. The molecule has 88 valence electrons. The first-order valence-corrected chi connectivity index (χ1v) is 5.92. The Morgan fingerprint density at radius 3 is 2.89 bits per heavy atom. The van der Waals surface area contributed by atoms with Gasteiger partial charge in [-0.2, -0.15) is 5.26 Å². The summed E-state index contributed by atoms with van der Waals surface area (Å²) in [6.45, 7) is 0. The van der Waals surface area contributed by atoms with E-state index in [2.05, 4.69) is 26.2 Å². The molecule has 1 aromatic carbocycles. The molecule has 2 rings (SSSR count). The summed E-state index contributed by atoms with van der Waals surface area (Å²) in [4.78, 5) is 15.9. The number of carbonyl (C=O) groups is 1. The largest absolute Gasteiger partial charge is 0.321 e. The molecule has 5 heteroatoms. The Kier molecular flexibility index (Phi) is 3.70. The summed E-state index contributed by atoms with van der Waals surface area (Å²) < 4.78 is 0.624. The SMILES string of the molecule is N#Cc1cccc(NC(=O)c2ncccc2Br)c1. The quantitative estimate of drug-likeness (QED) is 0.927. The van der Waals surface area contributed by atoms with Crippen LogP contribution in [0.3, 0.4) is 0 Å². The number of rotatable bonds is 2. The van der Waals surface area contributed by atoms with E-state index >= 15 is 0 Å². The number of aromatic nitrogens is 1. The smallest absolute Gasteiger partial charge is 0.275 e. The molecule has 0 aliphatic heterocycles. The van der Waals surface area contributed by atoms with Crippen LogP contribution in [-0.4, -0.2) is 10.9 Å². The van der Waals surface area contributed by atoms with Crippen LogP contribution in [-0.2, 0) is 0 Å². The minimum Gasteiger partial charge on any atom is -0.321 e. The van der Waals surface area contributed by atoms with Gasteiger partial charge in [0.05, 0.1) is 11.6 Å². The number of amides is 1. The number of nitrogens with one attached hydrogen (secondary N) is 1. The topological polar surface area (TPSA) is 65.8 Å². The third-order valence-electron chi connectivity index (χ3n) is 2.22. The van der Waals surface area contributed by atoms with Crippen LogP contribution in [0.25, 0.3) is 0 Å². The van der Waals surface area contributed by atoms with Gasteiger partial charge in [0.15, 0.2) is 0 Å². The molecule has 0 spiro atoms. The molecule has 0 aliphatic rings. The fourth-order valence-electron chi connectivity index (χ4n) is 1.41. The Morgan fingerprint density at radius 2 is 2.17 bits per heavy atom. The number of pyridine rings is 1. The Bertz CT molecular complexity index is 634. The zero-order valence-electron chi connectivity index (χ0n) is 9.22. The van der Waals surface area contributed by atoms with Gasteiger partial charge in [-0.15, -0.1) is 0 Å². The summed E-state index contributed by atoms with van der Waals surface area (Å²) in [6.07, 6.45) is 1.55. The zero-order valence-corrected chi connectivity index (χ0v) is 10.8. The fourth-order valence-corrected chi connectivity index (χ4v) is 1.84. The second-order valence-corrected chi connectivity index (χ2v) is 4.33. The van der Waals surface area contributed by atoms with E-state index in [-0.39, 0.29) is 5.91 Å². The molecule has 1 aromatic heterocycles. The first-order chi connectivity index (χ1) is 8.70. The summed E-state index contributed by atoms with van der Waals surface area (Å²) in [7, 11) is 0. The number of halogens is 1. The molecular formula is C13H8BrN3O. The summed E-state index contributed by atoms with van der Waals surface area (Å²) in [6, 6.07) is 12.2. The van der Waals surface area contributed by atoms with Crippen molar-refractivity contribution in [3.05, 3.63) is 58.3 Å². The molecule has 4 nitrogen and oxygen atoms in total. The molecule has 1 N–H and O–H groups in total. The highest BCUT2D eigenvalue weighted by molar-refractivity contribution is 9.10. The fraction of sp³-hybridized carbons (Fsp3) is 0. The van der Waals surface area contributed by atoms with Gasteiger partial charge in [0.2, 0.25) is 0 Å². The van der Waals surface area contributed by atoms with Gasteiger partial charge >= 0.3 is 0 Å². The standard InChI is InChI=1S/C13H8BrN3O/c14-11-5-2-6-16-12(11)13(18)17-10-4-1-3-9(7-10)8-15/h1-7H,(H,17,18). The Morgan fingerprint density at radius 1 is 1.33 bits per heavy atom. The number of carbonyl (C=O) groups excluding carboxylic acids is 1. The van der Waals surface area contributed by atoms with Gasteiger partial charge in [0.25, 0.3) is 5.91 Å². The predicted octanol–water partition coefficient (Wildman–Crippen LogP) is 2.97. The van der Waals surface area contributed by atoms with Crippen LogP contribution in [0, 0.1) is 11.3 Å². The lowest BCUT2D eigenvalue weighted by molar-refractivity contribution is 0.102. The number of nitrogens with zero attached hydrogens (tertiary/aromatic N) is 2. The molecule has 0 unspecified atom stereocenters. The van der Waals surface area contributed by atoms with Gasteiger partial charge in [-0.1, -0.05) is 6.07 Å². The highest BCUT2D eigenvalue weighted by Gasteiger charge is 2.11. The summed E-state index contributed by atoms with van der Waals surface area (Å²) in [5, 5.41) is 11.5. The van der Waals surface area contributed by atoms with E-state index in [1.54, 1.807) is 42.6 Å². The van der Waals surface area contributed by atoms with Crippen molar-refractivity contribution in [3.63, 3.8) is 0 Å². The molecule has 0 saturated heterocycles. The molecule has 0 bridgehead atoms. The van der Waals surface area contributed by atoms with Crippen LogP contribution < -0.4 is 5.32 Å². The highest BCUT2D eigenvalue weighted by atomic mass is 79.9. The Balaban J connectivity index is 2.22. The van der Waals surface area contributed by atoms with E-state index in [9.17, 15) is 4.79 Å². The lowest BCUT2D eigenvalue weighted by Crippen LogP contribution is -2.14. The van der Waals surface area contributed by atoms with Gasteiger partial charge in [0, 0.05) is 16.4 Å². The maximum Gasteiger partial charge on any atom is 0.275 e. The van der Waals surface area contributed by atoms with E-state index in [0.717, 1.165) is 0 Å². The molecule has 1 amide bonds. The van der Waals surface area contributed by atoms with Crippen LogP contribution >= 0.6 is 15.9 Å². The van der Waals surface area contributed by atoms with Crippen LogP contribution in [0.4, 0.5) is 5.69 Å². The van der Waals surface area contributed by atoms with Crippen molar-refractivity contribution in [1.82, 2.24) is 4.98 Å². The summed E-state index contributed by atoms with van der Waals surface area (Å²) >= 11 is 3.26. The minimum atomic E-state index is -0.322. The second kappa shape index (κ2) is 5.43. The molecule has 0 aliphatic carbocycles. The second-order valence-electron chi connectivity index (χ2n) is 3.48. The number of benzene rings is 1. The van der Waals surface area contributed by atoms with Crippen LogP contribution in [0.2, 0.25) is 0 Å². The third-order valence-corrected chi connectivity index (χ3v) is 2.86. The molecule has 0 fully saturated rings. The van der Waals surface area contributed by atoms with Crippen LogP contribution in [0.5, 0.6) is 0 Å². The van der Waals surface area contributed by atoms with Crippen molar-refractivity contribution < 1.29 is 4.79 Å². The normalized spacial score (nSPS) is 9.56. The van der Waals surface area contributed by atoms with E-state index in [0.29, 0.717) is 21.4 Å². The van der Waals surface area contributed by atoms with Crippen molar-refractivity contribution in [2.45, 2.75) is 0 Å². The first-order valence-electron chi connectivity index (χ1n) is 5.13. The number of nitriles is 1. The Labute approximate surface area is 112 Å². The summed E-state index contributed by atoms with van der Waals surface area (Å²) in [5.41, 5.74) is 1.37. The van der Waals surface area contributed by atoms with Gasteiger partial charge < -0.3 is 5.32 Å². The van der Waals surface area contributed by atoms with E-state index in [1.165, 1.54) is 0 Å². The Hall–Kier alpha value is -2.19. The monoisotopic (exact) mass is 301 g/mol. The maximum absolute atomic E-state index is 11.9. The van der Waals surface area contributed by atoms with Crippen LogP contribution in [0.15, 0.2) is 47.1 Å². The average molecular weight is 302 g/mol. The molecule has 2 aromatic rings. The lowest BCUT2D eigenvalue weighted by Gasteiger charge is -2.05. The van der Waals surface area contributed by atoms with Crippen molar-refractivity contribution in [2.75, 3.05) is 5.32 Å². The van der Waals surface area contributed by atoms with Crippen molar-refractivity contribution in [1.29, 1.82) is 5.26 Å². The average Bonchev–Trinajstić information content (AvgIpc) is 2.39. The number of hydrogen-bond donors (Lipinski definition) is 1. The predicted molar refractivity (Wildman–Crippen MR) is 71.0 cm³/mol. The lowest BCUT2D eigenvalue weighted by atomic mass is 10.2. The maximum atomic E-state index is 11.9. The van der Waals surface area contributed by atoms with Crippen LogP contribution in [0.1, 0.15) is 16.1 Å².